The first-order valence-corrected chi connectivity index (χ1v) is 6.77. The van der Waals surface area contributed by atoms with Crippen molar-refractivity contribution in [1.82, 2.24) is 0 Å². The van der Waals surface area contributed by atoms with Crippen molar-refractivity contribution in [3.8, 4) is 0 Å². The lowest BCUT2D eigenvalue weighted by molar-refractivity contribution is 0.0242. The summed E-state index contributed by atoms with van der Waals surface area (Å²) in [6, 6.07) is 10.5. The fraction of sp³-hybridized carbons (Fsp3) is 0.286. The van der Waals surface area contributed by atoms with E-state index < -0.39 is 0 Å². The number of ether oxygens (including phenoxy) is 1. The van der Waals surface area contributed by atoms with Crippen LogP contribution in [0.25, 0.3) is 0 Å². The van der Waals surface area contributed by atoms with E-state index in [1.807, 2.05) is 0 Å². The predicted molar refractivity (Wildman–Crippen MR) is 70.1 cm³/mol. The molecule has 0 spiro atoms. The molecule has 0 radical (unpaired) electrons. The highest BCUT2D eigenvalue weighted by atomic mass is 32.1. The van der Waals surface area contributed by atoms with Gasteiger partial charge in [0, 0.05) is 0 Å². The van der Waals surface area contributed by atoms with Crippen molar-refractivity contribution in [2.45, 2.75) is 18.6 Å². The molecule has 0 saturated heterocycles. The van der Waals surface area contributed by atoms with Gasteiger partial charge in [-0.1, -0.05) is 24.3 Å². The van der Waals surface area contributed by atoms with Crippen molar-refractivity contribution in [1.29, 1.82) is 0 Å². The number of hydrogen-bond donors (Lipinski definition) is 1. The summed E-state index contributed by atoms with van der Waals surface area (Å²) in [6.45, 7) is 0.763. The Morgan fingerprint density at radius 3 is 3.00 bits per heavy atom. The summed E-state index contributed by atoms with van der Waals surface area (Å²) >= 11 is 1.68. The van der Waals surface area contributed by atoms with Gasteiger partial charge in [-0.25, -0.2) is 0 Å². The second-order valence-electron chi connectivity index (χ2n) is 4.32. The van der Waals surface area contributed by atoms with Crippen molar-refractivity contribution in [3.63, 3.8) is 0 Å². The fourth-order valence-electron chi connectivity index (χ4n) is 2.36. The molecule has 3 rings (SSSR count). The van der Waals surface area contributed by atoms with E-state index >= 15 is 0 Å². The largest absolute Gasteiger partial charge is 0.371 e. The standard InChI is InChI=1S/C14H15NOS/c15-13(11-6-8-17-9-11)14-12-4-2-1-3-10(12)5-7-16-14/h1-4,6,8-9,13-14H,5,7,15H2. The molecule has 2 heterocycles. The van der Waals surface area contributed by atoms with Crippen LogP contribution in [0.5, 0.6) is 0 Å². The van der Waals surface area contributed by atoms with Crippen LogP contribution in [0, 0.1) is 0 Å². The van der Waals surface area contributed by atoms with E-state index in [2.05, 4.69) is 41.1 Å². The molecule has 0 bridgehead atoms. The highest BCUT2D eigenvalue weighted by Gasteiger charge is 2.27. The summed E-state index contributed by atoms with van der Waals surface area (Å²) in [5.41, 5.74) is 10.1. The highest BCUT2D eigenvalue weighted by molar-refractivity contribution is 7.07. The summed E-state index contributed by atoms with van der Waals surface area (Å²) in [4.78, 5) is 0. The van der Waals surface area contributed by atoms with Crippen LogP contribution < -0.4 is 5.73 Å². The average Bonchev–Trinajstić information content (AvgIpc) is 2.91. The third-order valence-electron chi connectivity index (χ3n) is 3.28. The van der Waals surface area contributed by atoms with E-state index in [-0.39, 0.29) is 12.1 Å². The fourth-order valence-corrected chi connectivity index (χ4v) is 3.07. The van der Waals surface area contributed by atoms with Crippen LogP contribution in [-0.4, -0.2) is 6.61 Å². The summed E-state index contributed by atoms with van der Waals surface area (Å²) in [5, 5.41) is 4.16. The zero-order valence-electron chi connectivity index (χ0n) is 9.50. The molecule has 2 unspecified atom stereocenters. The van der Waals surface area contributed by atoms with Gasteiger partial charge in [-0.2, -0.15) is 11.3 Å². The Hall–Kier alpha value is -1.16. The molecule has 2 aromatic rings. The lowest BCUT2D eigenvalue weighted by Crippen LogP contribution is -2.26. The van der Waals surface area contributed by atoms with E-state index in [0.717, 1.165) is 18.6 Å². The minimum absolute atomic E-state index is 0.00505. The van der Waals surface area contributed by atoms with Crippen LogP contribution in [0.4, 0.5) is 0 Å². The van der Waals surface area contributed by atoms with E-state index in [9.17, 15) is 0 Å². The van der Waals surface area contributed by atoms with Gasteiger partial charge in [0.2, 0.25) is 0 Å². The lowest BCUT2D eigenvalue weighted by atomic mass is 9.91. The molecule has 2 nitrogen and oxygen atoms in total. The first kappa shape index (κ1) is 11.0. The summed E-state index contributed by atoms with van der Waals surface area (Å²) in [6.07, 6.45) is 0.984. The number of thiophene rings is 1. The minimum Gasteiger partial charge on any atom is -0.371 e. The normalized spacial score (nSPS) is 20.9. The number of rotatable bonds is 2. The monoisotopic (exact) mass is 245 g/mol. The molecule has 17 heavy (non-hydrogen) atoms. The maximum Gasteiger partial charge on any atom is 0.102 e. The maximum absolute atomic E-state index is 6.31. The Morgan fingerprint density at radius 2 is 2.18 bits per heavy atom. The molecule has 88 valence electrons. The van der Waals surface area contributed by atoms with Crippen LogP contribution in [-0.2, 0) is 11.2 Å². The molecular formula is C14H15NOS. The van der Waals surface area contributed by atoms with Gasteiger partial charge in [0.05, 0.1) is 12.6 Å². The molecule has 2 atom stereocenters. The lowest BCUT2D eigenvalue weighted by Gasteiger charge is -2.30. The first-order valence-electron chi connectivity index (χ1n) is 5.83. The van der Waals surface area contributed by atoms with Crippen LogP contribution >= 0.6 is 11.3 Å². The van der Waals surface area contributed by atoms with E-state index in [4.69, 9.17) is 10.5 Å². The van der Waals surface area contributed by atoms with Crippen molar-refractivity contribution < 1.29 is 4.74 Å². The zero-order valence-corrected chi connectivity index (χ0v) is 10.3. The molecule has 1 aromatic heterocycles. The second-order valence-corrected chi connectivity index (χ2v) is 5.10. The molecule has 0 fully saturated rings. The molecule has 0 amide bonds. The maximum atomic E-state index is 6.31. The van der Waals surface area contributed by atoms with Crippen molar-refractivity contribution >= 4 is 11.3 Å². The quantitative estimate of drug-likeness (QED) is 0.882. The van der Waals surface area contributed by atoms with Gasteiger partial charge in [0.1, 0.15) is 6.10 Å². The van der Waals surface area contributed by atoms with Crippen LogP contribution in [0.3, 0.4) is 0 Å². The van der Waals surface area contributed by atoms with Crippen molar-refractivity contribution in [2.75, 3.05) is 6.61 Å². The van der Waals surface area contributed by atoms with Gasteiger partial charge >= 0.3 is 0 Å². The topological polar surface area (TPSA) is 35.2 Å². The summed E-state index contributed by atoms with van der Waals surface area (Å²) < 4.78 is 5.87. The average molecular weight is 245 g/mol. The predicted octanol–water partition coefficient (Wildman–Crippen LogP) is 3.06. The SMILES string of the molecule is NC(c1ccsc1)C1OCCc2ccccc21. The Kier molecular flexibility index (Phi) is 2.97. The van der Waals surface area contributed by atoms with E-state index in [1.54, 1.807) is 11.3 Å². The van der Waals surface area contributed by atoms with Gasteiger partial charge in [0.25, 0.3) is 0 Å². The number of benzene rings is 1. The first-order chi connectivity index (χ1) is 8.36. The molecule has 0 aliphatic carbocycles. The third kappa shape index (κ3) is 2.02. The number of fused-ring (bicyclic) bond motifs is 1. The van der Waals surface area contributed by atoms with Gasteiger partial charge < -0.3 is 10.5 Å². The molecule has 1 aliphatic rings. The van der Waals surface area contributed by atoms with Crippen LogP contribution in [0.2, 0.25) is 0 Å². The highest BCUT2D eigenvalue weighted by Crippen LogP contribution is 2.35. The van der Waals surface area contributed by atoms with E-state index in [1.165, 1.54) is 11.1 Å². The second kappa shape index (κ2) is 4.61. The van der Waals surface area contributed by atoms with Crippen molar-refractivity contribution in [3.05, 3.63) is 57.8 Å². The van der Waals surface area contributed by atoms with Crippen LogP contribution in [0.1, 0.15) is 28.8 Å². The van der Waals surface area contributed by atoms with Gasteiger partial charge in [0.15, 0.2) is 0 Å². The molecule has 1 aliphatic heterocycles. The molecule has 3 heteroatoms. The Balaban J connectivity index is 1.95. The summed E-state index contributed by atoms with van der Waals surface area (Å²) in [7, 11) is 0. The third-order valence-corrected chi connectivity index (χ3v) is 3.99. The van der Waals surface area contributed by atoms with Crippen molar-refractivity contribution in [2.24, 2.45) is 5.73 Å². The minimum atomic E-state index is -0.0669. The van der Waals surface area contributed by atoms with Gasteiger partial charge in [-0.05, 0) is 39.9 Å². The molecule has 2 N–H and O–H groups in total. The Labute approximate surface area is 105 Å². The molecular weight excluding hydrogens is 230 g/mol. The molecule has 1 aromatic carbocycles. The smallest absolute Gasteiger partial charge is 0.102 e. The number of nitrogens with two attached hydrogens (primary N) is 1. The Bertz CT molecular complexity index is 495. The van der Waals surface area contributed by atoms with Gasteiger partial charge in [-0.3, -0.25) is 0 Å². The Morgan fingerprint density at radius 1 is 1.29 bits per heavy atom. The van der Waals surface area contributed by atoms with Gasteiger partial charge in [-0.15, -0.1) is 0 Å². The summed E-state index contributed by atoms with van der Waals surface area (Å²) in [5.74, 6) is 0. The zero-order chi connectivity index (χ0) is 11.7. The number of hydrogen-bond acceptors (Lipinski definition) is 3. The van der Waals surface area contributed by atoms with E-state index in [0.29, 0.717) is 0 Å². The molecule has 0 saturated carbocycles. The van der Waals surface area contributed by atoms with Crippen LogP contribution in [0.15, 0.2) is 41.1 Å².